The van der Waals surface area contributed by atoms with E-state index in [1.54, 1.807) is 6.07 Å². The number of amides is 1. The van der Waals surface area contributed by atoms with Crippen molar-refractivity contribution in [1.82, 2.24) is 0 Å². The summed E-state index contributed by atoms with van der Waals surface area (Å²) >= 11 is 4.23. The van der Waals surface area contributed by atoms with E-state index in [1.165, 1.54) is 25.1 Å². The first-order valence-corrected chi connectivity index (χ1v) is 8.83. The molecular weight excluding hydrogens is 332 g/mol. The van der Waals surface area contributed by atoms with E-state index >= 15 is 0 Å². The largest absolute Gasteiger partial charge is 0.325 e. The first kappa shape index (κ1) is 17.4. The number of benzene rings is 2. The highest BCUT2D eigenvalue weighted by Gasteiger charge is 2.17. The molecule has 7 heteroatoms. The van der Waals surface area contributed by atoms with E-state index in [-0.39, 0.29) is 10.8 Å². The molecule has 0 saturated carbocycles. The fraction of sp³-hybridized carbons (Fsp3) is 0.188. The lowest BCUT2D eigenvalue weighted by Gasteiger charge is -2.13. The second-order valence-electron chi connectivity index (χ2n) is 5.28. The molecule has 5 nitrogen and oxygen atoms in total. The van der Waals surface area contributed by atoms with Crippen LogP contribution in [0.2, 0.25) is 0 Å². The van der Waals surface area contributed by atoms with Crippen LogP contribution in [0.1, 0.15) is 18.1 Å². The molecule has 0 aliphatic carbocycles. The van der Waals surface area contributed by atoms with Gasteiger partial charge in [-0.2, -0.15) is 0 Å². The number of hydrogen-bond acceptors (Lipinski definition) is 4. The van der Waals surface area contributed by atoms with Gasteiger partial charge in [-0.25, -0.2) is 8.42 Å². The number of anilines is 2. The van der Waals surface area contributed by atoms with Crippen LogP contribution in [-0.4, -0.2) is 14.3 Å². The molecule has 0 heterocycles. The summed E-state index contributed by atoms with van der Waals surface area (Å²) in [6.07, 6.45) is 0. The van der Waals surface area contributed by atoms with Crippen LogP contribution in [0.25, 0.3) is 0 Å². The van der Waals surface area contributed by atoms with Crippen LogP contribution in [0.3, 0.4) is 0 Å². The third-order valence-electron chi connectivity index (χ3n) is 3.22. The van der Waals surface area contributed by atoms with Crippen LogP contribution >= 0.6 is 12.6 Å². The summed E-state index contributed by atoms with van der Waals surface area (Å²) in [6, 6.07) is 9.82. The first-order chi connectivity index (χ1) is 10.7. The van der Waals surface area contributed by atoms with Crippen molar-refractivity contribution in [2.24, 2.45) is 0 Å². The Hall–Kier alpha value is -1.99. The summed E-state index contributed by atoms with van der Waals surface area (Å²) in [5, 5.41) is 2.59. The molecule has 0 aromatic heterocycles. The fourth-order valence-corrected chi connectivity index (χ4v) is 3.62. The quantitative estimate of drug-likeness (QED) is 0.740. The molecule has 2 N–H and O–H groups in total. The van der Waals surface area contributed by atoms with E-state index in [2.05, 4.69) is 22.7 Å². The number of carbonyl (C=O) groups excluding carboxylic acids is 1. The van der Waals surface area contributed by atoms with Crippen molar-refractivity contribution in [3.05, 3.63) is 47.5 Å². The monoisotopic (exact) mass is 350 g/mol. The maximum atomic E-state index is 12.5. The maximum absolute atomic E-state index is 12.5. The van der Waals surface area contributed by atoms with Crippen molar-refractivity contribution in [3.63, 3.8) is 0 Å². The molecule has 0 aliphatic heterocycles. The first-order valence-electron chi connectivity index (χ1n) is 6.90. The van der Waals surface area contributed by atoms with E-state index < -0.39 is 10.0 Å². The van der Waals surface area contributed by atoms with Gasteiger partial charge in [0, 0.05) is 11.8 Å². The molecule has 0 aliphatic rings. The van der Waals surface area contributed by atoms with E-state index in [4.69, 9.17) is 0 Å². The Morgan fingerprint density at radius 3 is 2.26 bits per heavy atom. The lowest BCUT2D eigenvalue weighted by atomic mass is 10.1. The second kappa shape index (κ2) is 6.64. The number of aryl methyl sites for hydroxylation is 2. The van der Waals surface area contributed by atoms with Gasteiger partial charge in [0.05, 0.1) is 16.3 Å². The van der Waals surface area contributed by atoms with E-state index in [1.807, 2.05) is 26.0 Å². The second-order valence-corrected chi connectivity index (χ2v) is 7.45. The summed E-state index contributed by atoms with van der Waals surface area (Å²) < 4.78 is 27.6. The van der Waals surface area contributed by atoms with E-state index in [9.17, 15) is 13.2 Å². The van der Waals surface area contributed by atoms with Crippen molar-refractivity contribution in [3.8, 4) is 0 Å². The van der Waals surface area contributed by atoms with Gasteiger partial charge in [0.1, 0.15) is 0 Å². The molecule has 2 rings (SSSR count). The molecule has 2 aromatic carbocycles. The van der Waals surface area contributed by atoms with Crippen molar-refractivity contribution in [2.45, 2.75) is 30.6 Å². The third kappa shape index (κ3) is 4.27. The smallest absolute Gasteiger partial charge is 0.261 e. The van der Waals surface area contributed by atoms with Crippen molar-refractivity contribution in [2.75, 3.05) is 10.0 Å². The van der Waals surface area contributed by atoms with Crippen LogP contribution in [-0.2, 0) is 14.8 Å². The topological polar surface area (TPSA) is 75.3 Å². The van der Waals surface area contributed by atoms with Crippen molar-refractivity contribution >= 4 is 39.9 Å². The van der Waals surface area contributed by atoms with Crippen molar-refractivity contribution < 1.29 is 13.2 Å². The van der Waals surface area contributed by atoms with Gasteiger partial charge < -0.3 is 5.32 Å². The molecule has 0 fully saturated rings. The van der Waals surface area contributed by atoms with E-state index in [0.717, 1.165) is 11.1 Å². The molecule has 0 unspecified atom stereocenters. The highest BCUT2D eigenvalue weighted by molar-refractivity contribution is 7.92. The summed E-state index contributed by atoms with van der Waals surface area (Å²) in [6.45, 7) is 5.16. The van der Waals surface area contributed by atoms with Crippen LogP contribution in [0.15, 0.2) is 46.2 Å². The molecular formula is C16H18N2O3S2. The standard InChI is InChI=1S/C16H18N2O3S2/c1-10-4-6-14(11(2)8-10)18-23(20,21)13-5-7-15(16(22)9-13)17-12(3)19/h4-9,18,22H,1-3H3,(H,17,19). The molecule has 0 saturated heterocycles. The predicted molar refractivity (Wildman–Crippen MR) is 94.7 cm³/mol. The number of hydrogen-bond donors (Lipinski definition) is 3. The SMILES string of the molecule is CC(=O)Nc1ccc(S(=O)(=O)Nc2ccc(C)cc2C)cc1S. The summed E-state index contributed by atoms with van der Waals surface area (Å²) in [5.74, 6) is -0.246. The highest BCUT2D eigenvalue weighted by Crippen LogP contribution is 2.26. The van der Waals surface area contributed by atoms with Gasteiger partial charge in [-0.3, -0.25) is 9.52 Å². The molecule has 0 atom stereocenters. The Balaban J connectivity index is 2.32. The zero-order valence-corrected chi connectivity index (χ0v) is 14.8. The number of sulfonamides is 1. The Labute approximate surface area is 141 Å². The molecule has 2 aromatic rings. The molecule has 122 valence electrons. The highest BCUT2D eigenvalue weighted by atomic mass is 32.2. The maximum Gasteiger partial charge on any atom is 0.261 e. The minimum atomic E-state index is -3.73. The summed E-state index contributed by atoms with van der Waals surface area (Å²) in [7, 11) is -3.73. The van der Waals surface area contributed by atoms with Crippen LogP contribution < -0.4 is 10.0 Å². The molecule has 0 radical (unpaired) electrons. The normalized spacial score (nSPS) is 11.1. The van der Waals surface area contributed by atoms with Gasteiger partial charge in [0.2, 0.25) is 5.91 Å². The van der Waals surface area contributed by atoms with Gasteiger partial charge in [-0.15, -0.1) is 12.6 Å². The molecule has 0 spiro atoms. The van der Waals surface area contributed by atoms with Gasteiger partial charge in [0.15, 0.2) is 0 Å². The lowest BCUT2D eigenvalue weighted by Crippen LogP contribution is -2.14. The average molecular weight is 350 g/mol. The number of rotatable bonds is 4. The minimum absolute atomic E-state index is 0.0802. The lowest BCUT2D eigenvalue weighted by molar-refractivity contribution is -0.114. The number of carbonyl (C=O) groups is 1. The number of nitrogens with one attached hydrogen (secondary N) is 2. The van der Waals surface area contributed by atoms with Gasteiger partial charge in [-0.05, 0) is 43.7 Å². The van der Waals surface area contributed by atoms with Gasteiger partial charge in [0.25, 0.3) is 10.0 Å². The molecule has 23 heavy (non-hydrogen) atoms. The Morgan fingerprint density at radius 2 is 1.70 bits per heavy atom. The Kier molecular flexibility index (Phi) is 5.01. The van der Waals surface area contributed by atoms with Gasteiger partial charge in [-0.1, -0.05) is 17.7 Å². The zero-order chi connectivity index (χ0) is 17.2. The Bertz CT molecular complexity index is 862. The van der Waals surface area contributed by atoms with Crippen LogP contribution in [0.4, 0.5) is 11.4 Å². The van der Waals surface area contributed by atoms with Gasteiger partial charge >= 0.3 is 0 Å². The minimum Gasteiger partial charge on any atom is -0.325 e. The third-order valence-corrected chi connectivity index (χ3v) is 4.95. The average Bonchev–Trinajstić information content (AvgIpc) is 2.43. The molecule has 1 amide bonds. The number of thiol groups is 1. The van der Waals surface area contributed by atoms with E-state index in [0.29, 0.717) is 16.3 Å². The predicted octanol–water partition coefficient (Wildman–Crippen LogP) is 3.35. The van der Waals surface area contributed by atoms with Crippen molar-refractivity contribution in [1.29, 1.82) is 0 Å². The molecule has 0 bridgehead atoms. The zero-order valence-electron chi connectivity index (χ0n) is 13.0. The summed E-state index contributed by atoms with van der Waals surface area (Å²) in [4.78, 5) is 11.5. The Morgan fingerprint density at radius 1 is 1.04 bits per heavy atom. The summed E-state index contributed by atoms with van der Waals surface area (Å²) in [5.41, 5.74) is 2.89. The van der Waals surface area contributed by atoms with Crippen LogP contribution in [0.5, 0.6) is 0 Å². The fourth-order valence-electron chi connectivity index (χ4n) is 2.11. The van der Waals surface area contributed by atoms with Crippen LogP contribution in [0, 0.1) is 13.8 Å².